The van der Waals surface area contributed by atoms with Gasteiger partial charge < -0.3 is 15.8 Å². The van der Waals surface area contributed by atoms with Crippen LogP contribution in [0.2, 0.25) is 0 Å². The van der Waals surface area contributed by atoms with Crippen LogP contribution < -0.4 is 10.6 Å². The number of aromatic nitrogens is 1. The summed E-state index contributed by atoms with van der Waals surface area (Å²) in [5.74, 6) is 0.953. The third kappa shape index (κ3) is 2.87. The van der Waals surface area contributed by atoms with Gasteiger partial charge in [-0.25, -0.2) is 4.98 Å². The van der Waals surface area contributed by atoms with Crippen molar-refractivity contribution >= 4 is 23.4 Å². The largest absolute Gasteiger partial charge is 0.409 e. The van der Waals surface area contributed by atoms with Gasteiger partial charge in [-0.05, 0) is 31.2 Å². The van der Waals surface area contributed by atoms with E-state index in [1.165, 1.54) is 12.8 Å². The minimum absolute atomic E-state index is 0.0517. The number of oxime groups is 1. The third-order valence-corrected chi connectivity index (χ3v) is 4.34. The Bertz CT molecular complexity index is 430. The van der Waals surface area contributed by atoms with E-state index < -0.39 is 0 Å². The lowest BCUT2D eigenvalue weighted by molar-refractivity contribution is 0.318. The summed E-state index contributed by atoms with van der Waals surface area (Å²) in [6.07, 6.45) is 4.52. The Morgan fingerprint density at radius 2 is 2.22 bits per heavy atom. The fraction of sp³-hybridized carbons (Fsp3) is 0.500. The zero-order chi connectivity index (χ0) is 13.0. The quantitative estimate of drug-likeness (QED) is 0.375. The number of nitrogens with two attached hydrogens (primary N) is 1. The molecule has 6 heteroatoms. The van der Waals surface area contributed by atoms with E-state index >= 15 is 0 Å². The molecule has 1 aliphatic rings. The van der Waals surface area contributed by atoms with Crippen molar-refractivity contribution in [2.24, 2.45) is 10.9 Å². The van der Waals surface area contributed by atoms with Gasteiger partial charge in [-0.15, -0.1) is 0 Å². The summed E-state index contributed by atoms with van der Waals surface area (Å²) >= 11 is 1.94. The molecular formula is C12H18N4OS. The highest BCUT2D eigenvalue weighted by Crippen LogP contribution is 2.24. The van der Waals surface area contributed by atoms with Crippen LogP contribution in [0.3, 0.4) is 0 Å². The molecule has 1 aromatic rings. The first-order chi connectivity index (χ1) is 8.74. The van der Waals surface area contributed by atoms with Crippen molar-refractivity contribution in [1.29, 1.82) is 0 Å². The molecule has 98 valence electrons. The van der Waals surface area contributed by atoms with E-state index in [2.05, 4.69) is 21.3 Å². The lowest BCUT2D eigenvalue weighted by atomic mass is 10.1. The summed E-state index contributed by atoms with van der Waals surface area (Å²) in [5, 5.41) is 12.4. The van der Waals surface area contributed by atoms with Crippen LogP contribution in [0.4, 0.5) is 5.82 Å². The number of pyridine rings is 1. The number of thioether (sulfide) groups is 1. The summed E-state index contributed by atoms with van der Waals surface area (Å²) < 4.78 is 0. The highest BCUT2D eigenvalue weighted by molar-refractivity contribution is 7.99. The summed E-state index contributed by atoms with van der Waals surface area (Å²) in [4.78, 5) is 6.67. The number of amidine groups is 1. The molecule has 0 saturated carbocycles. The lowest BCUT2D eigenvalue weighted by Crippen LogP contribution is -2.35. The van der Waals surface area contributed by atoms with Gasteiger partial charge in [0.15, 0.2) is 5.84 Å². The van der Waals surface area contributed by atoms with Gasteiger partial charge in [-0.3, -0.25) is 0 Å². The highest BCUT2D eigenvalue weighted by atomic mass is 32.2. The van der Waals surface area contributed by atoms with Gasteiger partial charge in [0, 0.05) is 18.3 Å². The summed E-state index contributed by atoms with van der Waals surface area (Å²) in [6, 6.07) is 5.59. The number of hydrogen-bond acceptors (Lipinski definition) is 5. The first kappa shape index (κ1) is 13.0. The normalized spacial score (nSPS) is 18.1. The molecule has 0 unspecified atom stereocenters. The van der Waals surface area contributed by atoms with Gasteiger partial charge in [-0.1, -0.05) is 11.2 Å². The van der Waals surface area contributed by atoms with E-state index in [1.807, 2.05) is 23.9 Å². The minimum Gasteiger partial charge on any atom is -0.409 e. The van der Waals surface area contributed by atoms with Crippen molar-refractivity contribution in [2.75, 3.05) is 24.2 Å². The van der Waals surface area contributed by atoms with E-state index in [9.17, 15) is 0 Å². The van der Waals surface area contributed by atoms with Gasteiger partial charge in [-0.2, -0.15) is 11.8 Å². The van der Waals surface area contributed by atoms with Gasteiger partial charge in [0.25, 0.3) is 0 Å². The van der Waals surface area contributed by atoms with Gasteiger partial charge in [0.05, 0.1) is 0 Å². The SMILES string of the molecule is CSC1CCN(c2cccc(/C(N)=N/O)n2)CC1. The van der Waals surface area contributed by atoms with Crippen molar-refractivity contribution in [2.45, 2.75) is 18.1 Å². The topological polar surface area (TPSA) is 74.7 Å². The number of nitrogens with zero attached hydrogens (tertiary/aromatic N) is 3. The Morgan fingerprint density at radius 1 is 1.50 bits per heavy atom. The molecule has 5 nitrogen and oxygen atoms in total. The summed E-state index contributed by atoms with van der Waals surface area (Å²) in [5.41, 5.74) is 6.07. The molecule has 1 aliphatic heterocycles. The molecule has 2 rings (SSSR count). The Morgan fingerprint density at radius 3 is 2.83 bits per heavy atom. The molecule has 0 spiro atoms. The fourth-order valence-electron chi connectivity index (χ4n) is 2.11. The molecule has 0 bridgehead atoms. The maximum atomic E-state index is 8.66. The Hall–Kier alpha value is -1.43. The minimum atomic E-state index is 0.0517. The van der Waals surface area contributed by atoms with E-state index in [1.54, 1.807) is 6.07 Å². The molecule has 18 heavy (non-hydrogen) atoms. The Labute approximate surface area is 111 Å². The molecule has 0 radical (unpaired) electrons. The van der Waals surface area contributed by atoms with E-state index in [-0.39, 0.29) is 5.84 Å². The van der Waals surface area contributed by atoms with Gasteiger partial charge in [0.1, 0.15) is 11.5 Å². The monoisotopic (exact) mass is 266 g/mol. The van der Waals surface area contributed by atoms with Crippen molar-refractivity contribution in [3.05, 3.63) is 23.9 Å². The molecular weight excluding hydrogens is 248 g/mol. The van der Waals surface area contributed by atoms with E-state index in [0.29, 0.717) is 5.69 Å². The van der Waals surface area contributed by atoms with E-state index in [0.717, 1.165) is 24.2 Å². The first-order valence-electron chi connectivity index (χ1n) is 5.97. The van der Waals surface area contributed by atoms with E-state index in [4.69, 9.17) is 10.9 Å². The van der Waals surface area contributed by atoms with Crippen LogP contribution in [0.1, 0.15) is 18.5 Å². The Kier molecular flexibility index (Phi) is 4.30. The maximum absolute atomic E-state index is 8.66. The van der Waals surface area contributed by atoms with Crippen molar-refractivity contribution in [1.82, 2.24) is 4.98 Å². The second-order valence-corrected chi connectivity index (χ2v) is 5.43. The maximum Gasteiger partial charge on any atom is 0.188 e. The second-order valence-electron chi connectivity index (χ2n) is 4.29. The molecule has 2 heterocycles. The molecule has 0 aromatic carbocycles. The van der Waals surface area contributed by atoms with Crippen molar-refractivity contribution in [3.8, 4) is 0 Å². The lowest BCUT2D eigenvalue weighted by Gasteiger charge is -2.32. The molecule has 1 fully saturated rings. The highest BCUT2D eigenvalue weighted by Gasteiger charge is 2.19. The van der Waals surface area contributed by atoms with Crippen LogP contribution in [0.5, 0.6) is 0 Å². The number of rotatable bonds is 3. The van der Waals surface area contributed by atoms with Crippen LogP contribution in [-0.2, 0) is 0 Å². The Balaban J connectivity index is 2.10. The molecule has 0 atom stereocenters. The molecule has 0 aliphatic carbocycles. The second kappa shape index (κ2) is 5.95. The fourth-order valence-corrected chi connectivity index (χ4v) is 2.80. The zero-order valence-corrected chi connectivity index (χ0v) is 11.2. The van der Waals surface area contributed by atoms with Crippen LogP contribution in [-0.4, -0.2) is 40.6 Å². The predicted octanol–water partition coefficient (Wildman–Crippen LogP) is 1.51. The smallest absolute Gasteiger partial charge is 0.188 e. The number of piperidine rings is 1. The molecule has 0 amide bonds. The standard InChI is InChI=1S/C12H18N4OS/c1-18-9-5-7-16(8-6-9)11-4-2-3-10(14-11)12(13)15-17/h2-4,9,17H,5-8H2,1H3,(H2,13,15). The predicted molar refractivity (Wildman–Crippen MR) is 75.5 cm³/mol. The third-order valence-electron chi connectivity index (χ3n) is 3.20. The van der Waals surface area contributed by atoms with Gasteiger partial charge in [0.2, 0.25) is 0 Å². The molecule has 1 aromatic heterocycles. The summed E-state index contributed by atoms with van der Waals surface area (Å²) in [7, 11) is 0. The average Bonchev–Trinajstić information content (AvgIpc) is 2.46. The molecule has 1 saturated heterocycles. The van der Waals surface area contributed by atoms with Gasteiger partial charge >= 0.3 is 0 Å². The van der Waals surface area contributed by atoms with Crippen LogP contribution in [0, 0.1) is 0 Å². The van der Waals surface area contributed by atoms with Crippen LogP contribution >= 0.6 is 11.8 Å². The number of hydrogen-bond donors (Lipinski definition) is 2. The summed E-state index contributed by atoms with van der Waals surface area (Å²) in [6.45, 7) is 2.02. The average molecular weight is 266 g/mol. The first-order valence-corrected chi connectivity index (χ1v) is 7.26. The zero-order valence-electron chi connectivity index (χ0n) is 10.4. The molecule has 3 N–H and O–H groups in total. The van der Waals surface area contributed by atoms with Crippen molar-refractivity contribution < 1.29 is 5.21 Å². The number of anilines is 1. The van der Waals surface area contributed by atoms with Crippen LogP contribution in [0.25, 0.3) is 0 Å². The van der Waals surface area contributed by atoms with Crippen LogP contribution in [0.15, 0.2) is 23.4 Å². The van der Waals surface area contributed by atoms with Crippen molar-refractivity contribution in [3.63, 3.8) is 0 Å².